The van der Waals surface area contributed by atoms with E-state index < -0.39 is 0 Å². The lowest BCUT2D eigenvalue weighted by atomic mass is 9.63. The Balaban J connectivity index is 1.49. The van der Waals surface area contributed by atoms with Gasteiger partial charge < -0.3 is 10.6 Å². The molecule has 1 heterocycles. The molecule has 3 aliphatic carbocycles. The van der Waals surface area contributed by atoms with Crippen molar-refractivity contribution >= 4 is 16.8 Å². The van der Waals surface area contributed by atoms with Gasteiger partial charge in [-0.3, -0.25) is 0 Å². The summed E-state index contributed by atoms with van der Waals surface area (Å²) in [6, 6.07) is 18.6. The van der Waals surface area contributed by atoms with Crippen LogP contribution in [-0.2, 0) is 17.3 Å². The van der Waals surface area contributed by atoms with Gasteiger partial charge in [-0.05, 0) is 147 Å². The van der Waals surface area contributed by atoms with E-state index in [4.69, 9.17) is 0 Å². The molecule has 0 fully saturated rings. The Morgan fingerprint density at radius 1 is 0.810 bits per heavy atom. The third-order valence-electron chi connectivity index (χ3n) is 13.4. The number of hydrogen-bond donors (Lipinski definition) is 2. The molecule has 7 rings (SSSR count). The number of allylic oxidation sites excluding steroid dienone is 13. The monoisotopic (exact) mass is 765 g/mol. The number of anilines is 1. The fourth-order valence-corrected chi connectivity index (χ4v) is 9.77. The molecule has 2 N–H and O–H groups in total. The highest BCUT2D eigenvalue weighted by atomic mass is 14.9. The molecule has 0 amide bonds. The van der Waals surface area contributed by atoms with Crippen molar-refractivity contribution < 1.29 is 0 Å². The molecule has 1 aliphatic heterocycles. The summed E-state index contributed by atoms with van der Waals surface area (Å²) in [6.45, 7) is 33.2. The fourth-order valence-electron chi connectivity index (χ4n) is 9.77. The highest BCUT2D eigenvalue weighted by Gasteiger charge is 2.38. The first kappa shape index (κ1) is 40.8. The van der Waals surface area contributed by atoms with Crippen LogP contribution in [-0.4, -0.2) is 12.6 Å². The van der Waals surface area contributed by atoms with Gasteiger partial charge in [0.15, 0.2) is 0 Å². The van der Waals surface area contributed by atoms with Crippen LogP contribution in [0.2, 0.25) is 0 Å². The Morgan fingerprint density at radius 2 is 1.57 bits per heavy atom. The van der Waals surface area contributed by atoms with E-state index in [1.54, 1.807) is 0 Å². The summed E-state index contributed by atoms with van der Waals surface area (Å²) in [7, 11) is 0. The summed E-state index contributed by atoms with van der Waals surface area (Å²) in [5.74, 6) is 0. The second-order valence-electron chi connectivity index (χ2n) is 18.6. The van der Waals surface area contributed by atoms with Crippen molar-refractivity contribution in [1.29, 1.82) is 0 Å². The van der Waals surface area contributed by atoms with E-state index >= 15 is 0 Å². The predicted octanol–water partition coefficient (Wildman–Crippen LogP) is 14.4. The number of fused-ring (bicyclic) bond motifs is 4. The van der Waals surface area contributed by atoms with Crippen LogP contribution in [0, 0.1) is 12.3 Å². The standard InChI is InChI=1S/C56H64N2/c1-12-13-26-47-40(5)57-32-21-20-27-48(56(47,10)11)46-35-42-34-41-23-18-19-24-44(41)53(42)52(39(46)4)45-25-17-15-14-16-22-37(2)38(3)33-51(45)58-43-28-29-49-50(36-43)55(8,9)31-30-54(49,6)7/h12-16,18-29,35-36,51,57-58H,2-3,5,17,30-34H2,1,4,6-11H3/b13-12-,15-14-,21-20-,22-16-,45-25+,47-26+,48-27+. The Bertz CT molecular complexity index is 2390. The van der Waals surface area contributed by atoms with E-state index in [1.807, 2.05) is 0 Å². The summed E-state index contributed by atoms with van der Waals surface area (Å²) in [6.07, 6.45) is 29.1. The van der Waals surface area contributed by atoms with E-state index in [0.717, 1.165) is 48.3 Å². The van der Waals surface area contributed by atoms with E-state index in [2.05, 4.69) is 201 Å². The molecule has 0 bridgehead atoms. The lowest BCUT2D eigenvalue weighted by Gasteiger charge is -2.42. The fraction of sp³-hybridized carbons (Fsp3) is 0.321. The van der Waals surface area contributed by atoms with Crippen LogP contribution in [0.1, 0.15) is 113 Å². The summed E-state index contributed by atoms with van der Waals surface area (Å²) in [4.78, 5) is 0. The molecule has 0 aromatic heterocycles. The second-order valence-corrected chi connectivity index (χ2v) is 18.6. The lowest BCUT2D eigenvalue weighted by Crippen LogP contribution is -2.34. The quantitative estimate of drug-likeness (QED) is 0.211. The highest BCUT2D eigenvalue weighted by Crippen LogP contribution is 2.52. The van der Waals surface area contributed by atoms with Gasteiger partial charge in [0.05, 0.1) is 6.04 Å². The summed E-state index contributed by atoms with van der Waals surface area (Å²) >= 11 is 0. The number of nitrogens with one attached hydrogen (secondary N) is 2. The van der Waals surface area contributed by atoms with Gasteiger partial charge in [0.25, 0.3) is 0 Å². The Hall–Kier alpha value is -5.34. The van der Waals surface area contributed by atoms with E-state index in [0.29, 0.717) is 0 Å². The molecule has 1 unspecified atom stereocenters. The van der Waals surface area contributed by atoms with Crippen molar-refractivity contribution in [2.75, 3.05) is 11.9 Å². The zero-order chi connectivity index (χ0) is 41.4. The minimum atomic E-state index is -0.357. The molecular formula is C56H64N2. The third-order valence-corrected chi connectivity index (χ3v) is 13.4. The second kappa shape index (κ2) is 16.1. The maximum Gasteiger partial charge on any atom is 0.0557 e. The van der Waals surface area contributed by atoms with Gasteiger partial charge in [0, 0.05) is 23.3 Å². The van der Waals surface area contributed by atoms with Crippen LogP contribution in [0.15, 0.2) is 158 Å². The van der Waals surface area contributed by atoms with Crippen molar-refractivity contribution in [3.05, 3.63) is 196 Å². The molecule has 298 valence electrons. The van der Waals surface area contributed by atoms with Crippen molar-refractivity contribution in [3.8, 4) is 11.1 Å². The maximum absolute atomic E-state index is 4.66. The van der Waals surface area contributed by atoms with Gasteiger partial charge in [-0.25, -0.2) is 0 Å². The maximum atomic E-state index is 4.66. The van der Waals surface area contributed by atoms with Crippen molar-refractivity contribution in [2.45, 2.75) is 104 Å². The van der Waals surface area contributed by atoms with Crippen LogP contribution in [0.4, 0.5) is 5.69 Å². The number of benzene rings is 3. The minimum absolute atomic E-state index is 0.0655. The summed E-state index contributed by atoms with van der Waals surface area (Å²) < 4.78 is 0. The Labute approximate surface area is 350 Å². The van der Waals surface area contributed by atoms with Gasteiger partial charge in [0.2, 0.25) is 0 Å². The van der Waals surface area contributed by atoms with Crippen LogP contribution >= 0.6 is 0 Å². The summed E-state index contributed by atoms with van der Waals surface area (Å²) in [5, 5.41) is 7.75. The molecular weight excluding hydrogens is 701 g/mol. The average Bonchev–Trinajstić information content (AvgIpc) is 3.56. The first-order valence-corrected chi connectivity index (χ1v) is 21.4. The lowest BCUT2D eigenvalue weighted by molar-refractivity contribution is 0.332. The van der Waals surface area contributed by atoms with Gasteiger partial charge in [-0.15, -0.1) is 0 Å². The number of rotatable bonds is 5. The van der Waals surface area contributed by atoms with Crippen molar-refractivity contribution in [3.63, 3.8) is 0 Å². The number of hydrogen-bond acceptors (Lipinski definition) is 2. The van der Waals surface area contributed by atoms with E-state index in [-0.39, 0.29) is 22.3 Å². The Kier molecular flexibility index (Phi) is 11.4. The van der Waals surface area contributed by atoms with E-state index in [9.17, 15) is 0 Å². The van der Waals surface area contributed by atoms with Gasteiger partial charge >= 0.3 is 0 Å². The van der Waals surface area contributed by atoms with Crippen LogP contribution in [0.25, 0.3) is 22.3 Å². The van der Waals surface area contributed by atoms with Gasteiger partial charge in [-0.1, -0.05) is 165 Å². The zero-order valence-corrected chi connectivity index (χ0v) is 36.4. The van der Waals surface area contributed by atoms with Crippen LogP contribution in [0.5, 0.6) is 0 Å². The SMILES string of the molecule is C=C1/C=C\C=C/C/C=C(/c2c(C)c(/C3=C\C=C/CNC(=C)/C(=C\C=C/C)C3(C)C)cc3c2-c2ccccc2C3)C(Nc2ccc3c(c2)C(C)(C)CCC3(C)C)CC1=C. The highest BCUT2D eigenvalue weighted by molar-refractivity contribution is 5.95. The zero-order valence-electron chi connectivity index (χ0n) is 36.4. The molecule has 3 aromatic rings. The predicted molar refractivity (Wildman–Crippen MR) is 253 cm³/mol. The van der Waals surface area contributed by atoms with Crippen molar-refractivity contribution in [1.82, 2.24) is 5.32 Å². The van der Waals surface area contributed by atoms with Crippen LogP contribution in [0.3, 0.4) is 0 Å². The molecule has 0 radical (unpaired) electrons. The topological polar surface area (TPSA) is 24.1 Å². The smallest absolute Gasteiger partial charge is 0.0557 e. The summed E-state index contributed by atoms with van der Waals surface area (Å²) in [5.41, 5.74) is 20.1. The molecule has 1 atom stereocenters. The first-order valence-electron chi connectivity index (χ1n) is 21.4. The molecule has 2 heteroatoms. The van der Waals surface area contributed by atoms with E-state index in [1.165, 1.54) is 79.6 Å². The third kappa shape index (κ3) is 7.79. The Morgan fingerprint density at radius 3 is 2.34 bits per heavy atom. The molecule has 0 saturated heterocycles. The largest absolute Gasteiger partial charge is 0.382 e. The van der Waals surface area contributed by atoms with Gasteiger partial charge in [-0.2, -0.15) is 0 Å². The van der Waals surface area contributed by atoms with Crippen molar-refractivity contribution in [2.24, 2.45) is 5.41 Å². The minimum Gasteiger partial charge on any atom is -0.382 e. The first-order chi connectivity index (χ1) is 27.6. The molecule has 58 heavy (non-hydrogen) atoms. The normalized spacial score (nSPS) is 25.3. The van der Waals surface area contributed by atoms with Crippen LogP contribution < -0.4 is 10.6 Å². The molecule has 2 nitrogen and oxygen atoms in total. The molecule has 3 aromatic carbocycles. The molecule has 0 spiro atoms. The average molecular weight is 765 g/mol. The molecule has 4 aliphatic rings. The van der Waals surface area contributed by atoms with Gasteiger partial charge in [0.1, 0.15) is 0 Å². The molecule has 0 saturated carbocycles.